The molecular weight excluding hydrogens is 292 g/mol. The summed E-state index contributed by atoms with van der Waals surface area (Å²) in [6.45, 7) is 0. The Kier molecular flexibility index (Phi) is 5.88. The number of phenolic OH excluding ortho intramolecular Hbond substituents is 1. The maximum absolute atomic E-state index is 12.1. The van der Waals surface area contributed by atoms with Crippen molar-refractivity contribution in [3.05, 3.63) is 65.7 Å². The Hall–Kier alpha value is -2.66. The zero-order valence-electron chi connectivity index (χ0n) is 12.6. The van der Waals surface area contributed by atoms with E-state index in [1.165, 1.54) is 12.1 Å². The van der Waals surface area contributed by atoms with Gasteiger partial charge in [0.25, 0.3) is 0 Å². The van der Waals surface area contributed by atoms with E-state index in [-0.39, 0.29) is 11.7 Å². The first kappa shape index (κ1) is 16.7. The molecular formula is C18H19N2O3. The minimum atomic E-state index is -0.770. The molecule has 1 radical (unpaired) electrons. The molecule has 0 aromatic heterocycles. The predicted octanol–water partition coefficient (Wildman–Crippen LogP) is 1.10. The van der Waals surface area contributed by atoms with Crippen molar-refractivity contribution < 1.29 is 14.7 Å². The molecule has 2 unspecified atom stereocenters. The molecule has 2 atom stereocenters. The van der Waals surface area contributed by atoms with E-state index < -0.39 is 12.1 Å². The standard InChI is InChI=1S/C18H19N2O3/c19-17(11-13-4-2-1-3-5-13)18(23)20-15(12-21)10-14-6-8-16(22)9-7-14/h1-9,15,17,22H,10-11,19H2,(H,20,23). The minimum Gasteiger partial charge on any atom is -0.508 e. The fraction of sp³-hybridized carbons (Fsp3) is 0.222. The van der Waals surface area contributed by atoms with E-state index in [0.29, 0.717) is 12.8 Å². The van der Waals surface area contributed by atoms with Crippen LogP contribution in [0.15, 0.2) is 54.6 Å². The van der Waals surface area contributed by atoms with Crippen LogP contribution in [0.4, 0.5) is 0 Å². The van der Waals surface area contributed by atoms with E-state index in [9.17, 15) is 14.7 Å². The molecule has 0 fully saturated rings. The van der Waals surface area contributed by atoms with Crippen LogP contribution in [0.25, 0.3) is 0 Å². The number of nitrogens with two attached hydrogens (primary N) is 1. The second kappa shape index (κ2) is 8.10. The zero-order valence-corrected chi connectivity index (χ0v) is 12.6. The lowest BCUT2D eigenvalue weighted by atomic mass is 10.0. The van der Waals surface area contributed by atoms with E-state index in [1.54, 1.807) is 12.1 Å². The lowest BCUT2D eigenvalue weighted by Crippen LogP contribution is -2.47. The van der Waals surface area contributed by atoms with Crippen molar-refractivity contribution in [1.29, 1.82) is 0 Å². The molecule has 23 heavy (non-hydrogen) atoms. The van der Waals surface area contributed by atoms with Crippen LogP contribution >= 0.6 is 0 Å². The third-order valence-corrected chi connectivity index (χ3v) is 3.47. The molecule has 1 amide bonds. The number of phenols is 1. The van der Waals surface area contributed by atoms with E-state index in [2.05, 4.69) is 5.32 Å². The Morgan fingerprint density at radius 2 is 1.65 bits per heavy atom. The first-order chi connectivity index (χ1) is 11.1. The van der Waals surface area contributed by atoms with Gasteiger partial charge in [0.05, 0.1) is 12.1 Å². The maximum atomic E-state index is 12.1. The summed E-state index contributed by atoms with van der Waals surface area (Å²) in [6, 6.07) is 14.4. The second-order valence-electron chi connectivity index (χ2n) is 5.35. The van der Waals surface area contributed by atoms with Crippen LogP contribution < -0.4 is 11.1 Å². The van der Waals surface area contributed by atoms with E-state index in [0.717, 1.165) is 11.1 Å². The number of carbonyl (C=O) groups is 1. The molecule has 2 aromatic rings. The van der Waals surface area contributed by atoms with E-state index in [4.69, 9.17) is 5.73 Å². The quantitative estimate of drug-likeness (QED) is 0.714. The summed E-state index contributed by atoms with van der Waals surface area (Å²) in [4.78, 5) is 23.2. The van der Waals surface area contributed by atoms with Gasteiger partial charge in [-0.1, -0.05) is 42.5 Å². The van der Waals surface area contributed by atoms with Gasteiger partial charge in [-0.3, -0.25) is 9.59 Å². The molecule has 0 spiro atoms. The van der Waals surface area contributed by atoms with E-state index in [1.807, 2.05) is 36.6 Å². The fourth-order valence-corrected chi connectivity index (χ4v) is 2.23. The van der Waals surface area contributed by atoms with Crippen LogP contribution in [-0.4, -0.2) is 29.4 Å². The summed E-state index contributed by atoms with van der Waals surface area (Å²) in [7, 11) is 0. The van der Waals surface area contributed by atoms with Gasteiger partial charge in [-0.15, -0.1) is 0 Å². The highest BCUT2D eigenvalue weighted by atomic mass is 16.3. The number of hydrogen-bond acceptors (Lipinski definition) is 4. The molecule has 2 aromatic carbocycles. The largest absolute Gasteiger partial charge is 0.508 e. The Labute approximate surface area is 135 Å². The number of nitrogens with one attached hydrogen (secondary N) is 1. The van der Waals surface area contributed by atoms with Gasteiger partial charge < -0.3 is 16.2 Å². The molecule has 5 heteroatoms. The first-order valence-electron chi connectivity index (χ1n) is 7.34. The fourth-order valence-electron chi connectivity index (χ4n) is 2.23. The summed E-state index contributed by atoms with van der Waals surface area (Å²) in [6.07, 6.45) is 2.51. The van der Waals surface area contributed by atoms with Crippen LogP contribution in [0.3, 0.4) is 0 Å². The van der Waals surface area contributed by atoms with Crippen molar-refractivity contribution in [3.63, 3.8) is 0 Å². The third-order valence-electron chi connectivity index (χ3n) is 3.47. The average Bonchev–Trinajstić information content (AvgIpc) is 2.57. The predicted molar refractivity (Wildman–Crippen MR) is 87.6 cm³/mol. The highest BCUT2D eigenvalue weighted by Crippen LogP contribution is 2.11. The van der Waals surface area contributed by atoms with Gasteiger partial charge in [0.2, 0.25) is 12.2 Å². The highest BCUT2D eigenvalue weighted by molar-refractivity contribution is 5.84. The lowest BCUT2D eigenvalue weighted by molar-refractivity contribution is -0.122. The number of benzene rings is 2. The summed E-state index contributed by atoms with van der Waals surface area (Å²) in [5, 5.41) is 11.8. The van der Waals surface area contributed by atoms with Crippen LogP contribution in [0.2, 0.25) is 0 Å². The summed E-state index contributed by atoms with van der Waals surface area (Å²) in [5.41, 5.74) is 7.66. The van der Waals surface area contributed by atoms with Gasteiger partial charge in [-0.05, 0) is 29.7 Å². The highest BCUT2D eigenvalue weighted by Gasteiger charge is 2.19. The normalized spacial score (nSPS) is 13.1. The summed E-state index contributed by atoms with van der Waals surface area (Å²) >= 11 is 0. The summed E-state index contributed by atoms with van der Waals surface area (Å²) in [5.74, 6) is -0.240. The maximum Gasteiger partial charge on any atom is 0.237 e. The van der Waals surface area contributed by atoms with Crippen molar-refractivity contribution in [3.8, 4) is 5.75 Å². The monoisotopic (exact) mass is 311 g/mol. The molecule has 0 aliphatic carbocycles. The van der Waals surface area contributed by atoms with Crippen LogP contribution in [0.1, 0.15) is 11.1 Å². The van der Waals surface area contributed by atoms with Gasteiger partial charge in [0.15, 0.2) is 0 Å². The van der Waals surface area contributed by atoms with Crippen molar-refractivity contribution in [2.24, 2.45) is 5.73 Å². The Morgan fingerprint density at radius 3 is 2.26 bits per heavy atom. The first-order valence-corrected chi connectivity index (χ1v) is 7.34. The minimum absolute atomic E-state index is 0.148. The topological polar surface area (TPSA) is 92.4 Å². The second-order valence-corrected chi connectivity index (χ2v) is 5.35. The number of amides is 1. The third kappa shape index (κ3) is 5.23. The molecule has 0 aliphatic rings. The average molecular weight is 311 g/mol. The van der Waals surface area contributed by atoms with Crippen molar-refractivity contribution in [2.75, 3.05) is 0 Å². The van der Waals surface area contributed by atoms with Crippen LogP contribution in [0.5, 0.6) is 5.75 Å². The van der Waals surface area contributed by atoms with Gasteiger partial charge in [-0.2, -0.15) is 0 Å². The van der Waals surface area contributed by atoms with Crippen molar-refractivity contribution in [1.82, 2.24) is 5.32 Å². The molecule has 0 saturated carbocycles. The number of rotatable bonds is 7. The van der Waals surface area contributed by atoms with Crippen molar-refractivity contribution in [2.45, 2.75) is 24.9 Å². The van der Waals surface area contributed by atoms with Crippen LogP contribution in [0, 0.1) is 0 Å². The number of aromatic hydroxyl groups is 1. The molecule has 2 rings (SSSR count). The van der Waals surface area contributed by atoms with E-state index >= 15 is 0 Å². The molecule has 4 N–H and O–H groups in total. The molecule has 0 bridgehead atoms. The number of hydrogen-bond donors (Lipinski definition) is 3. The zero-order chi connectivity index (χ0) is 16.7. The smallest absolute Gasteiger partial charge is 0.237 e. The van der Waals surface area contributed by atoms with Gasteiger partial charge in [0.1, 0.15) is 5.75 Å². The molecule has 0 aliphatic heterocycles. The SMILES string of the molecule is NC(Cc1ccccc1)C(=O)NC([C]=O)Cc1ccc(O)cc1. The van der Waals surface area contributed by atoms with Gasteiger partial charge >= 0.3 is 0 Å². The molecule has 119 valence electrons. The summed E-state index contributed by atoms with van der Waals surface area (Å²) < 4.78 is 0. The molecule has 5 nitrogen and oxygen atoms in total. The molecule has 0 saturated heterocycles. The molecule has 0 heterocycles. The Balaban J connectivity index is 1.91. The van der Waals surface area contributed by atoms with Gasteiger partial charge in [-0.25, -0.2) is 0 Å². The Morgan fingerprint density at radius 1 is 1.04 bits per heavy atom. The van der Waals surface area contributed by atoms with Crippen molar-refractivity contribution >= 4 is 12.2 Å². The number of carbonyl (C=O) groups excluding carboxylic acids is 2. The lowest BCUT2D eigenvalue weighted by Gasteiger charge is -2.16. The van der Waals surface area contributed by atoms with Gasteiger partial charge in [0, 0.05) is 6.42 Å². The van der Waals surface area contributed by atoms with Crippen LogP contribution in [-0.2, 0) is 22.4 Å². The Bertz CT molecular complexity index is 641.